The molecule has 5 nitrogen and oxygen atoms in total. The fourth-order valence-electron chi connectivity index (χ4n) is 2.33. The van der Waals surface area contributed by atoms with Crippen LogP contribution in [0.25, 0.3) is 0 Å². The first-order valence-electron chi connectivity index (χ1n) is 8.32. The number of carbonyl (C=O) groups is 1. The second-order valence-corrected chi connectivity index (χ2v) is 6.45. The second kappa shape index (κ2) is 12.7. The van der Waals surface area contributed by atoms with E-state index in [4.69, 9.17) is 0 Å². The Bertz CT molecular complexity index is 773. The number of guanidine groups is 1. The maximum atomic E-state index is 13.6. The summed E-state index contributed by atoms with van der Waals surface area (Å²) in [4.78, 5) is 16.1. The van der Waals surface area contributed by atoms with E-state index in [1.807, 2.05) is 18.2 Å². The lowest BCUT2D eigenvalue weighted by molar-refractivity contribution is 0.0954. The molecule has 3 N–H and O–H groups in total. The minimum atomic E-state index is -0.201. The minimum absolute atomic E-state index is 0. The van der Waals surface area contributed by atoms with E-state index in [1.165, 1.54) is 6.07 Å². The van der Waals surface area contributed by atoms with Gasteiger partial charge in [-0.1, -0.05) is 40.2 Å². The molecule has 27 heavy (non-hydrogen) atoms. The van der Waals surface area contributed by atoms with Crippen LogP contribution in [-0.4, -0.2) is 38.5 Å². The van der Waals surface area contributed by atoms with Crippen LogP contribution >= 0.6 is 39.9 Å². The molecule has 0 aliphatic carbocycles. The van der Waals surface area contributed by atoms with Crippen molar-refractivity contribution in [1.82, 2.24) is 16.0 Å². The number of nitrogens with one attached hydrogen (secondary N) is 3. The first kappa shape index (κ1) is 23.4. The van der Waals surface area contributed by atoms with Crippen molar-refractivity contribution in [3.63, 3.8) is 0 Å². The first-order valence-corrected chi connectivity index (χ1v) is 9.11. The van der Waals surface area contributed by atoms with Gasteiger partial charge in [0.2, 0.25) is 0 Å². The number of hydrogen-bond donors (Lipinski definition) is 3. The smallest absolute Gasteiger partial charge is 0.251 e. The molecule has 2 aromatic carbocycles. The molecule has 0 aliphatic rings. The number of carbonyl (C=O) groups excluding carboxylic acids is 1. The average molecular weight is 549 g/mol. The third kappa shape index (κ3) is 8.25. The van der Waals surface area contributed by atoms with Crippen LogP contribution in [0.1, 0.15) is 15.9 Å². The first-order chi connectivity index (χ1) is 12.6. The van der Waals surface area contributed by atoms with E-state index >= 15 is 0 Å². The van der Waals surface area contributed by atoms with E-state index in [0.29, 0.717) is 43.1 Å². The van der Waals surface area contributed by atoms with Crippen molar-refractivity contribution in [2.24, 2.45) is 4.99 Å². The summed E-state index contributed by atoms with van der Waals surface area (Å²) in [5.74, 6) is 0.279. The van der Waals surface area contributed by atoms with Crippen LogP contribution in [0.4, 0.5) is 4.39 Å². The fourth-order valence-corrected chi connectivity index (χ4v) is 2.73. The molecule has 0 saturated carbocycles. The van der Waals surface area contributed by atoms with Crippen molar-refractivity contribution < 1.29 is 9.18 Å². The molecule has 146 valence electrons. The molecule has 0 atom stereocenters. The number of rotatable bonds is 7. The van der Waals surface area contributed by atoms with Crippen molar-refractivity contribution >= 4 is 51.8 Å². The molecule has 0 spiro atoms. The quantitative estimate of drug-likeness (QED) is 0.215. The van der Waals surface area contributed by atoms with Crippen molar-refractivity contribution in [1.29, 1.82) is 0 Å². The van der Waals surface area contributed by atoms with Crippen LogP contribution in [0, 0.1) is 5.82 Å². The maximum absolute atomic E-state index is 13.6. The molecule has 0 saturated heterocycles. The van der Waals surface area contributed by atoms with Gasteiger partial charge in [-0.15, -0.1) is 24.0 Å². The summed E-state index contributed by atoms with van der Waals surface area (Å²) < 4.78 is 14.4. The number of halogens is 3. The summed E-state index contributed by atoms with van der Waals surface area (Å²) in [5, 5.41) is 9.08. The summed E-state index contributed by atoms with van der Waals surface area (Å²) in [7, 11) is 1.67. The van der Waals surface area contributed by atoms with E-state index < -0.39 is 0 Å². The van der Waals surface area contributed by atoms with Gasteiger partial charge in [-0.25, -0.2) is 4.39 Å². The highest BCUT2D eigenvalue weighted by Gasteiger charge is 2.05. The molecule has 2 aromatic rings. The Hall–Kier alpha value is -1.68. The van der Waals surface area contributed by atoms with Gasteiger partial charge in [0, 0.05) is 36.7 Å². The standard InChI is InChI=1S/C19H22BrFN4O.HI/c1-22-19(24-10-9-14-5-2-3-8-17(14)21)25-12-11-23-18(26)15-6-4-7-16(20)13-15;/h2-8,13H,9-12H2,1H3,(H,23,26)(H2,22,24,25);1H. The summed E-state index contributed by atoms with van der Waals surface area (Å²) in [5.41, 5.74) is 1.27. The highest BCUT2D eigenvalue weighted by atomic mass is 127. The van der Waals surface area contributed by atoms with Crippen molar-refractivity contribution in [3.8, 4) is 0 Å². The lowest BCUT2D eigenvalue weighted by atomic mass is 10.1. The third-order valence-electron chi connectivity index (χ3n) is 3.66. The molecule has 2 rings (SSSR count). The Morgan fingerprint density at radius 2 is 1.74 bits per heavy atom. The van der Waals surface area contributed by atoms with Gasteiger partial charge in [-0.3, -0.25) is 9.79 Å². The molecule has 0 fully saturated rings. The van der Waals surface area contributed by atoms with Gasteiger partial charge in [0.25, 0.3) is 5.91 Å². The van der Waals surface area contributed by atoms with Crippen LogP contribution in [-0.2, 0) is 6.42 Å². The Kier molecular flexibility index (Phi) is 11.0. The van der Waals surface area contributed by atoms with Crippen LogP contribution in [0.2, 0.25) is 0 Å². The molecule has 8 heteroatoms. The number of aliphatic imine (C=N–C) groups is 1. The van der Waals surface area contributed by atoms with E-state index in [-0.39, 0.29) is 35.7 Å². The Labute approximate surface area is 184 Å². The molecule has 0 aromatic heterocycles. The van der Waals surface area contributed by atoms with E-state index in [1.54, 1.807) is 31.3 Å². The zero-order chi connectivity index (χ0) is 18.8. The van der Waals surface area contributed by atoms with Gasteiger partial charge >= 0.3 is 0 Å². The normalized spacial score (nSPS) is 10.7. The minimum Gasteiger partial charge on any atom is -0.356 e. The van der Waals surface area contributed by atoms with Crippen LogP contribution in [0.5, 0.6) is 0 Å². The Morgan fingerprint density at radius 3 is 2.44 bits per heavy atom. The molecule has 0 heterocycles. The predicted octanol–water partition coefficient (Wildman–Crippen LogP) is 3.34. The van der Waals surface area contributed by atoms with Crippen LogP contribution in [0.3, 0.4) is 0 Å². The van der Waals surface area contributed by atoms with Gasteiger partial charge in [-0.05, 0) is 36.2 Å². The van der Waals surface area contributed by atoms with Gasteiger partial charge < -0.3 is 16.0 Å². The highest BCUT2D eigenvalue weighted by Crippen LogP contribution is 2.11. The second-order valence-electron chi connectivity index (χ2n) is 5.53. The van der Waals surface area contributed by atoms with E-state index in [9.17, 15) is 9.18 Å². The molecule has 0 bridgehead atoms. The summed E-state index contributed by atoms with van der Waals surface area (Å²) >= 11 is 3.35. The monoisotopic (exact) mass is 548 g/mol. The zero-order valence-corrected chi connectivity index (χ0v) is 18.9. The predicted molar refractivity (Wildman–Crippen MR) is 121 cm³/mol. The zero-order valence-electron chi connectivity index (χ0n) is 15.0. The number of amides is 1. The fraction of sp³-hybridized carbons (Fsp3) is 0.263. The molecule has 0 aliphatic heterocycles. The molecule has 0 radical (unpaired) electrons. The number of benzene rings is 2. The topological polar surface area (TPSA) is 65.5 Å². The molecule has 0 unspecified atom stereocenters. The lowest BCUT2D eigenvalue weighted by Crippen LogP contribution is -2.42. The van der Waals surface area contributed by atoms with E-state index in [2.05, 4.69) is 36.9 Å². The Balaban J connectivity index is 0.00000364. The average Bonchev–Trinajstić information content (AvgIpc) is 2.65. The van der Waals surface area contributed by atoms with Gasteiger partial charge in [0.05, 0.1) is 0 Å². The number of hydrogen-bond acceptors (Lipinski definition) is 2. The molecular formula is C19H23BrFIN4O. The highest BCUT2D eigenvalue weighted by molar-refractivity contribution is 14.0. The van der Waals surface area contributed by atoms with Gasteiger partial charge in [0.15, 0.2) is 5.96 Å². The summed E-state index contributed by atoms with van der Waals surface area (Å²) in [6.45, 7) is 1.55. The largest absolute Gasteiger partial charge is 0.356 e. The lowest BCUT2D eigenvalue weighted by Gasteiger charge is -2.12. The van der Waals surface area contributed by atoms with Crippen LogP contribution in [0.15, 0.2) is 58.0 Å². The summed E-state index contributed by atoms with van der Waals surface area (Å²) in [6.07, 6.45) is 0.562. The maximum Gasteiger partial charge on any atom is 0.251 e. The van der Waals surface area contributed by atoms with Crippen molar-refractivity contribution in [3.05, 3.63) is 69.9 Å². The van der Waals surface area contributed by atoms with Gasteiger partial charge in [-0.2, -0.15) is 0 Å². The van der Waals surface area contributed by atoms with E-state index in [0.717, 1.165) is 4.47 Å². The van der Waals surface area contributed by atoms with Crippen molar-refractivity contribution in [2.45, 2.75) is 6.42 Å². The van der Waals surface area contributed by atoms with Crippen LogP contribution < -0.4 is 16.0 Å². The SMILES string of the molecule is CN=C(NCCNC(=O)c1cccc(Br)c1)NCCc1ccccc1F.I. The third-order valence-corrected chi connectivity index (χ3v) is 4.15. The van der Waals surface area contributed by atoms with Gasteiger partial charge in [0.1, 0.15) is 5.82 Å². The number of nitrogens with zero attached hydrogens (tertiary/aromatic N) is 1. The molecular weight excluding hydrogens is 526 g/mol. The molecule has 1 amide bonds. The Morgan fingerprint density at radius 1 is 1.04 bits per heavy atom. The summed E-state index contributed by atoms with van der Waals surface area (Å²) in [6, 6.07) is 13.9. The van der Waals surface area contributed by atoms with Crippen molar-refractivity contribution in [2.75, 3.05) is 26.7 Å².